The molecule has 3 rings (SSSR count). The van der Waals surface area contributed by atoms with Crippen LogP contribution in [0.3, 0.4) is 0 Å². The first-order valence-electron chi connectivity index (χ1n) is 9.38. The molecule has 1 aromatic heterocycles. The average Bonchev–Trinajstić information content (AvgIpc) is 2.63. The zero-order valence-electron chi connectivity index (χ0n) is 16.4. The second kappa shape index (κ2) is 7.55. The minimum atomic E-state index is -0.745. The molecule has 144 valence electrons. The third-order valence-electron chi connectivity index (χ3n) is 4.87. The molecule has 0 radical (unpaired) electrons. The predicted molar refractivity (Wildman–Crippen MR) is 105 cm³/mol. The number of hydrogen-bond acceptors (Lipinski definition) is 5. The lowest BCUT2D eigenvalue weighted by molar-refractivity contribution is 0.0505. The van der Waals surface area contributed by atoms with Crippen molar-refractivity contribution in [2.24, 2.45) is 0 Å². The molecule has 2 heterocycles. The summed E-state index contributed by atoms with van der Waals surface area (Å²) in [5.41, 5.74) is 1.59. The second-order valence-electron chi connectivity index (χ2n) is 8.02. The van der Waals surface area contributed by atoms with Crippen LogP contribution in [0, 0.1) is 6.92 Å². The van der Waals surface area contributed by atoms with Crippen LogP contribution in [-0.4, -0.2) is 34.6 Å². The number of rotatable bonds is 2. The van der Waals surface area contributed by atoms with Crippen molar-refractivity contribution in [1.82, 2.24) is 9.78 Å². The van der Waals surface area contributed by atoms with E-state index in [-0.39, 0.29) is 0 Å². The minimum Gasteiger partial charge on any atom is -0.442 e. The van der Waals surface area contributed by atoms with Gasteiger partial charge in [0.2, 0.25) is 0 Å². The minimum absolute atomic E-state index is 0.424. The van der Waals surface area contributed by atoms with Gasteiger partial charge < -0.3 is 9.64 Å². The zero-order valence-corrected chi connectivity index (χ0v) is 16.4. The molecule has 27 heavy (non-hydrogen) atoms. The van der Waals surface area contributed by atoms with Gasteiger partial charge in [0, 0.05) is 18.7 Å². The fourth-order valence-electron chi connectivity index (χ4n) is 3.46. The zero-order chi connectivity index (χ0) is 19.6. The highest BCUT2D eigenvalue weighted by Gasteiger charge is 2.25. The van der Waals surface area contributed by atoms with E-state index in [1.165, 1.54) is 5.56 Å². The molecule has 0 bridgehead atoms. The van der Waals surface area contributed by atoms with E-state index < -0.39 is 17.3 Å². The van der Waals surface area contributed by atoms with Crippen LogP contribution >= 0.6 is 0 Å². The highest BCUT2D eigenvalue weighted by molar-refractivity contribution is 5.70. The normalized spacial score (nSPS) is 15.6. The molecule has 1 saturated heterocycles. The Balaban J connectivity index is 1.74. The molecule has 6 nitrogen and oxygen atoms in total. The van der Waals surface area contributed by atoms with Crippen LogP contribution in [0.5, 0.6) is 0 Å². The van der Waals surface area contributed by atoms with Crippen molar-refractivity contribution >= 4 is 11.8 Å². The Morgan fingerprint density at radius 2 is 1.78 bits per heavy atom. The van der Waals surface area contributed by atoms with E-state index in [4.69, 9.17) is 4.74 Å². The number of hydrogen-bond donors (Lipinski definition) is 0. The summed E-state index contributed by atoms with van der Waals surface area (Å²) in [6.45, 7) is 8.73. The SMILES string of the molecule is Cc1c(N2CCC(c3ccccc3)CC2)cnn(C(=O)OC(C)(C)C)c1=O. The standard InChI is InChI=1S/C21H27N3O3/c1-15-18(14-22-24(19(15)25)20(26)27-21(2,3)4)23-12-10-17(11-13-23)16-8-6-5-7-9-16/h5-9,14,17H,10-13H2,1-4H3. The summed E-state index contributed by atoms with van der Waals surface area (Å²) < 4.78 is 6.06. The number of nitrogens with zero attached hydrogens (tertiary/aromatic N) is 3. The van der Waals surface area contributed by atoms with Crippen LogP contribution in [0.4, 0.5) is 10.5 Å². The summed E-state index contributed by atoms with van der Waals surface area (Å²) in [5.74, 6) is 0.540. The van der Waals surface area contributed by atoms with E-state index >= 15 is 0 Å². The van der Waals surface area contributed by atoms with Gasteiger partial charge >= 0.3 is 6.09 Å². The Kier molecular flexibility index (Phi) is 5.35. The van der Waals surface area contributed by atoms with Gasteiger partial charge in [-0.3, -0.25) is 4.79 Å². The van der Waals surface area contributed by atoms with E-state index in [2.05, 4.69) is 34.3 Å². The summed E-state index contributed by atoms with van der Waals surface area (Å²) in [6, 6.07) is 10.5. The molecular formula is C21H27N3O3. The molecule has 1 fully saturated rings. The molecule has 0 amide bonds. The third kappa shape index (κ3) is 4.38. The van der Waals surface area contributed by atoms with Crippen LogP contribution in [0.1, 0.15) is 50.7 Å². The number of anilines is 1. The van der Waals surface area contributed by atoms with Gasteiger partial charge in [0.15, 0.2) is 0 Å². The first-order chi connectivity index (χ1) is 12.8. The lowest BCUT2D eigenvalue weighted by Gasteiger charge is -2.34. The molecule has 2 aromatic rings. The maximum absolute atomic E-state index is 12.6. The lowest BCUT2D eigenvalue weighted by atomic mass is 9.89. The molecule has 0 aliphatic carbocycles. The number of ether oxygens (including phenoxy) is 1. The van der Waals surface area contributed by atoms with Gasteiger partial charge in [0.25, 0.3) is 5.56 Å². The molecule has 1 aliphatic rings. The Bertz CT molecular complexity index is 860. The molecule has 0 spiro atoms. The fourth-order valence-corrected chi connectivity index (χ4v) is 3.46. The van der Waals surface area contributed by atoms with Crippen LogP contribution < -0.4 is 10.5 Å². The van der Waals surface area contributed by atoms with Crippen molar-refractivity contribution in [1.29, 1.82) is 0 Å². The van der Waals surface area contributed by atoms with Gasteiger partial charge in [-0.15, -0.1) is 4.68 Å². The van der Waals surface area contributed by atoms with Gasteiger partial charge in [0.05, 0.1) is 11.9 Å². The quantitative estimate of drug-likeness (QED) is 0.807. The van der Waals surface area contributed by atoms with Gasteiger partial charge in [-0.05, 0) is 52.0 Å². The first-order valence-corrected chi connectivity index (χ1v) is 9.38. The predicted octanol–water partition coefficient (Wildman–Crippen LogP) is 3.72. The highest BCUT2D eigenvalue weighted by Crippen LogP contribution is 2.30. The largest absolute Gasteiger partial charge is 0.442 e. The monoisotopic (exact) mass is 369 g/mol. The number of carbonyl (C=O) groups is 1. The topological polar surface area (TPSA) is 64.4 Å². The number of piperidine rings is 1. The highest BCUT2D eigenvalue weighted by atomic mass is 16.6. The molecule has 0 saturated carbocycles. The van der Waals surface area contributed by atoms with Gasteiger partial charge in [0.1, 0.15) is 5.60 Å². The van der Waals surface area contributed by atoms with Crippen LogP contribution in [0.2, 0.25) is 0 Å². The van der Waals surface area contributed by atoms with Gasteiger partial charge in [-0.25, -0.2) is 4.79 Å². The molecular weight excluding hydrogens is 342 g/mol. The maximum Gasteiger partial charge on any atom is 0.438 e. The van der Waals surface area contributed by atoms with Crippen LogP contribution in [0.25, 0.3) is 0 Å². The van der Waals surface area contributed by atoms with Crippen molar-refractivity contribution in [3.05, 3.63) is 58.0 Å². The van der Waals surface area contributed by atoms with Crippen LogP contribution in [0.15, 0.2) is 41.3 Å². The summed E-state index contributed by atoms with van der Waals surface area (Å²) in [5, 5.41) is 4.06. The molecule has 1 aromatic carbocycles. The lowest BCUT2D eigenvalue weighted by Crippen LogP contribution is -2.39. The van der Waals surface area contributed by atoms with E-state index in [1.807, 2.05) is 6.07 Å². The number of carbonyl (C=O) groups excluding carboxylic acids is 1. The van der Waals surface area contributed by atoms with E-state index in [0.717, 1.165) is 36.3 Å². The van der Waals surface area contributed by atoms with E-state index in [9.17, 15) is 9.59 Å². The summed E-state index contributed by atoms with van der Waals surface area (Å²) in [6.07, 6.45) is 2.91. The van der Waals surface area contributed by atoms with Crippen molar-refractivity contribution < 1.29 is 9.53 Å². The van der Waals surface area contributed by atoms with E-state index in [0.29, 0.717) is 11.5 Å². The summed E-state index contributed by atoms with van der Waals surface area (Å²) in [7, 11) is 0. The molecule has 6 heteroatoms. The van der Waals surface area contributed by atoms with Gasteiger partial charge in [-0.1, -0.05) is 30.3 Å². The van der Waals surface area contributed by atoms with Crippen molar-refractivity contribution in [3.63, 3.8) is 0 Å². The molecule has 0 unspecified atom stereocenters. The number of benzene rings is 1. The van der Waals surface area contributed by atoms with E-state index in [1.54, 1.807) is 33.9 Å². The maximum atomic E-state index is 12.6. The molecule has 1 aliphatic heterocycles. The fraction of sp³-hybridized carbons (Fsp3) is 0.476. The van der Waals surface area contributed by atoms with Crippen molar-refractivity contribution in [3.8, 4) is 0 Å². The second-order valence-corrected chi connectivity index (χ2v) is 8.02. The summed E-state index contributed by atoms with van der Waals surface area (Å²) in [4.78, 5) is 27.0. The molecule has 0 atom stereocenters. The van der Waals surface area contributed by atoms with Gasteiger partial charge in [-0.2, -0.15) is 5.10 Å². The average molecular weight is 369 g/mol. The first kappa shape index (κ1) is 19.1. The molecule has 0 N–H and O–H groups in total. The van der Waals surface area contributed by atoms with Crippen molar-refractivity contribution in [2.75, 3.05) is 18.0 Å². The Morgan fingerprint density at radius 1 is 1.15 bits per heavy atom. The third-order valence-corrected chi connectivity index (χ3v) is 4.87. The van der Waals surface area contributed by atoms with Crippen LogP contribution in [-0.2, 0) is 4.74 Å². The van der Waals surface area contributed by atoms with Crippen molar-refractivity contribution in [2.45, 2.75) is 52.1 Å². The number of aromatic nitrogens is 2. The Hall–Kier alpha value is -2.63. The Morgan fingerprint density at radius 3 is 2.37 bits per heavy atom. The summed E-state index contributed by atoms with van der Waals surface area (Å²) >= 11 is 0. The smallest absolute Gasteiger partial charge is 0.438 e. The Labute approximate surface area is 159 Å².